The Morgan fingerprint density at radius 1 is 1.10 bits per heavy atom. The van der Waals surface area contributed by atoms with Crippen molar-refractivity contribution in [1.82, 2.24) is 0 Å². The summed E-state index contributed by atoms with van der Waals surface area (Å²) < 4.78 is 23.6. The van der Waals surface area contributed by atoms with Crippen molar-refractivity contribution in [2.45, 2.75) is 11.8 Å². The summed E-state index contributed by atoms with van der Waals surface area (Å²) in [5.74, 6) is 0. The van der Waals surface area contributed by atoms with Gasteiger partial charge in [-0.2, -0.15) is 0 Å². The first-order valence-corrected chi connectivity index (χ1v) is 8.07. The average Bonchev–Trinajstić information content (AvgIpc) is 2.32. The molecule has 0 radical (unpaired) electrons. The maximum absolute atomic E-state index is 11.3. The standard InChI is InChI=1S/C13H14BrN3O2S/c1-8-6-9(2-4-11(8)14)17-10-3-5-13(12(15)7-10)20(16,18)19/h2-7,17H,15H2,1H3,(H2,16,18,19). The van der Waals surface area contributed by atoms with Crippen LogP contribution in [0, 0.1) is 6.92 Å². The Bertz CT molecular complexity index is 760. The van der Waals surface area contributed by atoms with Crippen LogP contribution in [0.5, 0.6) is 0 Å². The number of benzene rings is 2. The lowest BCUT2D eigenvalue weighted by atomic mass is 10.2. The zero-order valence-electron chi connectivity index (χ0n) is 10.7. The molecule has 2 aromatic rings. The number of primary sulfonamides is 1. The highest BCUT2D eigenvalue weighted by molar-refractivity contribution is 9.10. The van der Waals surface area contributed by atoms with Gasteiger partial charge in [0.1, 0.15) is 4.90 Å². The van der Waals surface area contributed by atoms with Gasteiger partial charge in [-0.3, -0.25) is 0 Å². The smallest absolute Gasteiger partial charge is 0.240 e. The molecule has 0 atom stereocenters. The molecule has 0 spiro atoms. The van der Waals surface area contributed by atoms with Gasteiger partial charge in [-0.05, 0) is 48.9 Å². The predicted octanol–water partition coefficient (Wildman–Crippen LogP) is 2.73. The zero-order chi connectivity index (χ0) is 14.9. The van der Waals surface area contributed by atoms with Gasteiger partial charge in [0.15, 0.2) is 0 Å². The van der Waals surface area contributed by atoms with E-state index in [1.807, 2.05) is 25.1 Å². The van der Waals surface area contributed by atoms with Crippen LogP contribution in [0.15, 0.2) is 45.8 Å². The van der Waals surface area contributed by atoms with Crippen molar-refractivity contribution in [2.24, 2.45) is 5.14 Å². The molecule has 2 rings (SSSR count). The van der Waals surface area contributed by atoms with E-state index in [9.17, 15) is 8.42 Å². The fourth-order valence-electron chi connectivity index (χ4n) is 1.77. The molecule has 0 fully saturated rings. The summed E-state index contributed by atoms with van der Waals surface area (Å²) in [6, 6.07) is 10.3. The second-order valence-corrected chi connectivity index (χ2v) is 6.77. The largest absolute Gasteiger partial charge is 0.398 e. The Balaban J connectivity index is 2.31. The molecule has 0 saturated heterocycles. The van der Waals surface area contributed by atoms with E-state index in [-0.39, 0.29) is 10.6 Å². The third-order valence-electron chi connectivity index (χ3n) is 2.76. The molecule has 2 aromatic carbocycles. The molecule has 0 unspecified atom stereocenters. The fourth-order valence-corrected chi connectivity index (χ4v) is 2.67. The molecule has 0 aliphatic heterocycles. The SMILES string of the molecule is Cc1cc(Nc2ccc(S(N)(=O)=O)c(N)c2)ccc1Br. The van der Waals surface area contributed by atoms with Gasteiger partial charge in [0, 0.05) is 15.8 Å². The molecular formula is C13H14BrN3O2S. The number of sulfonamides is 1. The van der Waals surface area contributed by atoms with Crippen LogP contribution in [0.2, 0.25) is 0 Å². The van der Waals surface area contributed by atoms with E-state index in [1.54, 1.807) is 6.07 Å². The summed E-state index contributed by atoms with van der Waals surface area (Å²) in [5.41, 5.74) is 8.49. The molecule has 0 saturated carbocycles. The Hall–Kier alpha value is -1.57. The number of nitrogens with one attached hydrogen (secondary N) is 1. The highest BCUT2D eigenvalue weighted by Gasteiger charge is 2.12. The summed E-state index contributed by atoms with van der Waals surface area (Å²) >= 11 is 3.43. The lowest BCUT2D eigenvalue weighted by Gasteiger charge is -2.10. The molecule has 0 heterocycles. The molecule has 0 bridgehead atoms. The molecule has 5 N–H and O–H groups in total. The zero-order valence-corrected chi connectivity index (χ0v) is 13.1. The normalized spacial score (nSPS) is 11.3. The molecule has 0 aromatic heterocycles. The Kier molecular flexibility index (Phi) is 4.03. The number of hydrogen-bond acceptors (Lipinski definition) is 4. The summed E-state index contributed by atoms with van der Waals surface area (Å²) in [5, 5.41) is 8.22. The quantitative estimate of drug-likeness (QED) is 0.737. The number of nitrogens with two attached hydrogens (primary N) is 2. The summed E-state index contributed by atoms with van der Waals surface area (Å²) in [6.07, 6.45) is 0. The fraction of sp³-hybridized carbons (Fsp3) is 0.0769. The molecule has 0 amide bonds. The molecule has 0 aliphatic rings. The number of nitrogen functional groups attached to an aromatic ring is 1. The van der Waals surface area contributed by atoms with E-state index in [2.05, 4.69) is 21.2 Å². The van der Waals surface area contributed by atoms with Gasteiger partial charge in [0.2, 0.25) is 10.0 Å². The number of anilines is 3. The van der Waals surface area contributed by atoms with E-state index in [0.717, 1.165) is 15.7 Å². The molecule has 20 heavy (non-hydrogen) atoms. The monoisotopic (exact) mass is 355 g/mol. The lowest BCUT2D eigenvalue weighted by molar-refractivity contribution is 0.598. The van der Waals surface area contributed by atoms with E-state index in [0.29, 0.717) is 5.69 Å². The average molecular weight is 356 g/mol. The van der Waals surface area contributed by atoms with Crippen LogP contribution < -0.4 is 16.2 Å². The van der Waals surface area contributed by atoms with Crippen LogP contribution >= 0.6 is 15.9 Å². The topological polar surface area (TPSA) is 98.2 Å². The first-order valence-electron chi connectivity index (χ1n) is 5.73. The molecular weight excluding hydrogens is 342 g/mol. The van der Waals surface area contributed by atoms with Crippen molar-refractivity contribution in [1.29, 1.82) is 0 Å². The maximum Gasteiger partial charge on any atom is 0.240 e. The van der Waals surface area contributed by atoms with Gasteiger partial charge in [0.25, 0.3) is 0 Å². The van der Waals surface area contributed by atoms with Crippen LogP contribution in [0.25, 0.3) is 0 Å². The summed E-state index contributed by atoms with van der Waals surface area (Å²) in [6.45, 7) is 1.98. The van der Waals surface area contributed by atoms with E-state index in [4.69, 9.17) is 10.9 Å². The maximum atomic E-state index is 11.3. The lowest BCUT2D eigenvalue weighted by Crippen LogP contribution is -2.14. The van der Waals surface area contributed by atoms with Gasteiger partial charge in [0.05, 0.1) is 5.69 Å². The van der Waals surface area contributed by atoms with Crippen LogP contribution in [-0.2, 0) is 10.0 Å². The van der Waals surface area contributed by atoms with Crippen molar-refractivity contribution in [3.63, 3.8) is 0 Å². The predicted molar refractivity (Wildman–Crippen MR) is 84.4 cm³/mol. The van der Waals surface area contributed by atoms with E-state index < -0.39 is 10.0 Å². The highest BCUT2D eigenvalue weighted by Crippen LogP contribution is 2.26. The minimum absolute atomic E-state index is 0.0740. The minimum Gasteiger partial charge on any atom is -0.398 e. The molecule has 0 aliphatic carbocycles. The molecule has 106 valence electrons. The first-order chi connectivity index (χ1) is 9.27. The van der Waals surface area contributed by atoms with Crippen LogP contribution in [-0.4, -0.2) is 8.42 Å². The second-order valence-electron chi connectivity index (χ2n) is 4.39. The Morgan fingerprint density at radius 3 is 2.25 bits per heavy atom. The van der Waals surface area contributed by atoms with E-state index >= 15 is 0 Å². The molecule has 7 heteroatoms. The van der Waals surface area contributed by atoms with Crippen molar-refractivity contribution in [3.8, 4) is 0 Å². The third-order valence-corrected chi connectivity index (χ3v) is 4.64. The number of aryl methyl sites for hydroxylation is 1. The van der Waals surface area contributed by atoms with Crippen LogP contribution in [0.3, 0.4) is 0 Å². The van der Waals surface area contributed by atoms with Crippen LogP contribution in [0.4, 0.5) is 17.1 Å². The van der Waals surface area contributed by atoms with Crippen molar-refractivity contribution in [2.75, 3.05) is 11.1 Å². The van der Waals surface area contributed by atoms with Gasteiger partial charge in [-0.15, -0.1) is 0 Å². The van der Waals surface area contributed by atoms with E-state index in [1.165, 1.54) is 12.1 Å². The van der Waals surface area contributed by atoms with Gasteiger partial charge >= 0.3 is 0 Å². The Labute approximate surface area is 126 Å². The number of hydrogen-bond donors (Lipinski definition) is 3. The summed E-state index contributed by atoms with van der Waals surface area (Å²) in [4.78, 5) is -0.0740. The van der Waals surface area contributed by atoms with Crippen molar-refractivity contribution >= 4 is 43.0 Å². The van der Waals surface area contributed by atoms with Crippen molar-refractivity contribution < 1.29 is 8.42 Å². The highest BCUT2D eigenvalue weighted by atomic mass is 79.9. The number of halogens is 1. The van der Waals surface area contributed by atoms with Gasteiger partial charge in [-0.25, -0.2) is 13.6 Å². The Morgan fingerprint density at radius 2 is 1.70 bits per heavy atom. The van der Waals surface area contributed by atoms with Crippen molar-refractivity contribution in [3.05, 3.63) is 46.4 Å². The first kappa shape index (κ1) is 14.8. The second kappa shape index (κ2) is 5.43. The van der Waals surface area contributed by atoms with Crippen LogP contribution in [0.1, 0.15) is 5.56 Å². The van der Waals surface area contributed by atoms with Gasteiger partial charge in [-0.1, -0.05) is 15.9 Å². The molecule has 5 nitrogen and oxygen atoms in total. The minimum atomic E-state index is -3.79. The van der Waals surface area contributed by atoms with Gasteiger partial charge < -0.3 is 11.1 Å². The third kappa shape index (κ3) is 3.30. The summed E-state index contributed by atoms with van der Waals surface area (Å²) in [7, 11) is -3.79. The number of rotatable bonds is 3.